The van der Waals surface area contributed by atoms with Crippen LogP contribution in [-0.2, 0) is 20.9 Å². The van der Waals surface area contributed by atoms with E-state index in [0.29, 0.717) is 30.3 Å². The summed E-state index contributed by atoms with van der Waals surface area (Å²) in [6.07, 6.45) is 2.52. The molecule has 2 amide bonds. The molecule has 10 nitrogen and oxygen atoms in total. The zero-order valence-corrected chi connectivity index (χ0v) is 23.2. The van der Waals surface area contributed by atoms with Gasteiger partial charge in [0.25, 0.3) is 5.91 Å². The summed E-state index contributed by atoms with van der Waals surface area (Å²) in [7, 11) is 1.22. The van der Waals surface area contributed by atoms with E-state index in [9.17, 15) is 19.5 Å². The van der Waals surface area contributed by atoms with Crippen LogP contribution in [0.25, 0.3) is 11.1 Å². The fraction of sp³-hybridized carbons (Fsp3) is 0.276. The molecule has 40 heavy (non-hydrogen) atoms. The number of ether oxygens (including phenoxy) is 1. The second-order valence-electron chi connectivity index (χ2n) is 9.18. The van der Waals surface area contributed by atoms with E-state index < -0.39 is 17.9 Å². The van der Waals surface area contributed by atoms with E-state index in [1.807, 2.05) is 41.8 Å². The van der Waals surface area contributed by atoms with Gasteiger partial charge in [-0.25, -0.2) is 14.8 Å². The third-order valence-corrected chi connectivity index (χ3v) is 7.45. The Balaban J connectivity index is 1.44. The van der Waals surface area contributed by atoms with Crippen LogP contribution in [0.4, 0.5) is 5.95 Å². The van der Waals surface area contributed by atoms with Crippen molar-refractivity contribution >= 4 is 35.5 Å². The van der Waals surface area contributed by atoms with E-state index in [1.54, 1.807) is 32.0 Å². The molecule has 0 radical (unpaired) electrons. The Labute approximate surface area is 236 Å². The number of esters is 1. The zero-order chi connectivity index (χ0) is 28.6. The Bertz CT molecular complexity index is 1410. The van der Waals surface area contributed by atoms with Gasteiger partial charge in [-0.3, -0.25) is 9.59 Å². The number of carbonyl (C=O) groups is 3. The van der Waals surface area contributed by atoms with Crippen molar-refractivity contribution in [3.8, 4) is 16.9 Å². The minimum Gasteiger partial charge on any atom is -0.508 e. The van der Waals surface area contributed by atoms with Gasteiger partial charge in [0.05, 0.1) is 29.3 Å². The number of aromatic hydroxyl groups is 1. The number of anilines is 1. The Morgan fingerprint density at radius 3 is 2.52 bits per heavy atom. The number of thioether (sulfide) groups is 1. The second-order valence-corrected chi connectivity index (χ2v) is 10.3. The molecule has 1 unspecified atom stereocenters. The van der Waals surface area contributed by atoms with Crippen LogP contribution in [0, 0.1) is 13.8 Å². The van der Waals surface area contributed by atoms with Gasteiger partial charge < -0.3 is 25.8 Å². The number of nitrogens with one attached hydrogen (secondary N) is 3. The normalized spacial score (nSPS) is 14.8. The molecule has 0 fully saturated rings. The molecule has 4 rings (SSSR count). The predicted octanol–water partition coefficient (Wildman–Crippen LogP) is 3.48. The molecule has 208 valence electrons. The smallest absolute Gasteiger partial charge is 0.330 e. The Kier molecular flexibility index (Phi) is 9.39. The number of rotatable bonds is 10. The van der Waals surface area contributed by atoms with Gasteiger partial charge >= 0.3 is 5.97 Å². The first kappa shape index (κ1) is 28.6. The number of benzene rings is 2. The maximum atomic E-state index is 13.2. The Morgan fingerprint density at radius 2 is 1.85 bits per heavy atom. The van der Waals surface area contributed by atoms with E-state index in [0.717, 1.165) is 16.7 Å². The third kappa shape index (κ3) is 6.97. The largest absolute Gasteiger partial charge is 0.508 e. The maximum Gasteiger partial charge on any atom is 0.330 e. The number of phenolic OH excluding ortho intramolecular Hbond substituents is 1. The molecule has 4 N–H and O–H groups in total. The molecule has 2 heterocycles. The van der Waals surface area contributed by atoms with Crippen molar-refractivity contribution in [3.05, 3.63) is 82.5 Å². The molecule has 0 aliphatic carbocycles. The number of hydrogen-bond acceptors (Lipinski definition) is 9. The summed E-state index contributed by atoms with van der Waals surface area (Å²) in [6, 6.07) is 13.8. The minimum atomic E-state index is -1.08. The molecule has 2 atom stereocenters. The summed E-state index contributed by atoms with van der Waals surface area (Å²) < 4.78 is 4.83. The summed E-state index contributed by atoms with van der Waals surface area (Å²) >= 11 is 1.41. The number of allylic oxidation sites excluding steroid dienone is 1. The highest BCUT2D eigenvalue weighted by molar-refractivity contribution is 8.03. The van der Waals surface area contributed by atoms with Crippen LogP contribution >= 0.6 is 11.8 Å². The number of carbonyl (C=O) groups excluding carboxylic acids is 3. The van der Waals surface area contributed by atoms with Crippen molar-refractivity contribution in [1.82, 2.24) is 20.6 Å². The van der Waals surface area contributed by atoms with E-state index in [2.05, 4.69) is 25.9 Å². The van der Waals surface area contributed by atoms with Gasteiger partial charge in [-0.1, -0.05) is 42.5 Å². The van der Waals surface area contributed by atoms with Crippen LogP contribution in [-0.4, -0.2) is 57.8 Å². The molecule has 1 aromatic heterocycles. The van der Waals surface area contributed by atoms with Crippen LogP contribution in [0.5, 0.6) is 5.75 Å². The lowest BCUT2D eigenvalue weighted by molar-refractivity contribution is -0.142. The van der Waals surface area contributed by atoms with E-state index in [-0.39, 0.29) is 29.0 Å². The first-order valence-electron chi connectivity index (χ1n) is 12.7. The van der Waals surface area contributed by atoms with Crippen molar-refractivity contribution < 1.29 is 24.2 Å². The number of hydrogen-bond donors (Lipinski definition) is 4. The highest BCUT2D eigenvalue weighted by Crippen LogP contribution is 2.27. The van der Waals surface area contributed by atoms with Crippen molar-refractivity contribution in [1.29, 1.82) is 0 Å². The van der Waals surface area contributed by atoms with Crippen molar-refractivity contribution in [3.63, 3.8) is 0 Å². The summed E-state index contributed by atoms with van der Waals surface area (Å²) in [4.78, 5) is 46.8. The number of phenols is 1. The number of aryl methyl sites for hydroxylation is 2. The van der Waals surface area contributed by atoms with Crippen LogP contribution < -0.4 is 16.0 Å². The number of nitrogens with zero attached hydrogens (tertiary/aromatic N) is 2. The number of amides is 2. The molecule has 0 spiro atoms. The van der Waals surface area contributed by atoms with E-state index in [1.165, 1.54) is 18.9 Å². The molecule has 11 heteroatoms. The molecule has 3 aromatic rings. The van der Waals surface area contributed by atoms with Crippen LogP contribution in [0.3, 0.4) is 0 Å². The van der Waals surface area contributed by atoms with Gasteiger partial charge in [0.2, 0.25) is 11.9 Å². The van der Waals surface area contributed by atoms with Crippen molar-refractivity contribution in [2.24, 2.45) is 0 Å². The summed E-state index contributed by atoms with van der Waals surface area (Å²) in [5.74, 6) is -0.902. The van der Waals surface area contributed by atoms with Gasteiger partial charge in [-0.2, -0.15) is 0 Å². The van der Waals surface area contributed by atoms with Crippen molar-refractivity contribution in [2.45, 2.75) is 38.1 Å². The fourth-order valence-electron chi connectivity index (χ4n) is 4.36. The third-order valence-electron chi connectivity index (χ3n) is 6.36. The van der Waals surface area contributed by atoms with Gasteiger partial charge in [0.1, 0.15) is 11.8 Å². The fourth-order valence-corrected chi connectivity index (χ4v) is 5.21. The maximum absolute atomic E-state index is 13.2. The van der Waals surface area contributed by atoms with Gasteiger partial charge in [-0.05, 0) is 54.5 Å². The van der Waals surface area contributed by atoms with Crippen LogP contribution in [0.2, 0.25) is 0 Å². The quantitative estimate of drug-likeness (QED) is 0.274. The first-order chi connectivity index (χ1) is 19.3. The summed E-state index contributed by atoms with van der Waals surface area (Å²) in [6.45, 7) is 3.68. The number of aromatic nitrogens is 2. The summed E-state index contributed by atoms with van der Waals surface area (Å²) in [5.41, 5.74) is 3.90. The lowest BCUT2D eigenvalue weighted by Gasteiger charge is -2.19. The van der Waals surface area contributed by atoms with Crippen LogP contribution in [0.1, 0.15) is 33.7 Å². The topological polar surface area (TPSA) is 143 Å². The van der Waals surface area contributed by atoms with Gasteiger partial charge in [-0.15, -0.1) is 11.8 Å². The lowest BCUT2D eigenvalue weighted by atomic mass is 9.99. The lowest BCUT2D eigenvalue weighted by Crippen LogP contribution is -2.50. The monoisotopic (exact) mass is 561 g/mol. The number of methoxy groups -OCH3 is 1. The van der Waals surface area contributed by atoms with Crippen LogP contribution in [0.15, 0.2) is 60.0 Å². The highest BCUT2D eigenvalue weighted by Gasteiger charge is 2.27. The second kappa shape index (κ2) is 13.1. The standard InChI is InChI=1S/C29H31N5O5S/c1-17-25(27(37)34-23(28(38)39-3)16-30-26(36)24-12-7-13-40-24)18(2)33-29(32-17)31-15-20-8-4-5-11-22(20)19-9-6-10-21(35)14-19/h4-11,13-14,23-24,35H,12,15-16H2,1-3H3,(H,30,36)(H,34,37)(H,31,32,33)/t23-,24?/m0/s1. The van der Waals surface area contributed by atoms with Gasteiger partial charge in [0, 0.05) is 13.1 Å². The molecule has 0 saturated heterocycles. The molecule has 0 bridgehead atoms. The average Bonchev–Trinajstić information content (AvgIpc) is 3.49. The summed E-state index contributed by atoms with van der Waals surface area (Å²) in [5, 5.41) is 20.1. The molecular formula is C29H31N5O5S. The molecule has 2 aromatic carbocycles. The van der Waals surface area contributed by atoms with Crippen molar-refractivity contribution in [2.75, 3.05) is 19.0 Å². The minimum absolute atomic E-state index is 0.106. The molecular weight excluding hydrogens is 530 g/mol. The van der Waals surface area contributed by atoms with E-state index >= 15 is 0 Å². The average molecular weight is 562 g/mol. The Morgan fingerprint density at radius 1 is 1.10 bits per heavy atom. The molecule has 1 aliphatic heterocycles. The predicted molar refractivity (Wildman–Crippen MR) is 154 cm³/mol. The zero-order valence-electron chi connectivity index (χ0n) is 22.4. The molecule has 1 aliphatic rings. The first-order valence-corrected chi connectivity index (χ1v) is 13.6. The highest BCUT2D eigenvalue weighted by atomic mass is 32.2. The molecule has 0 saturated carbocycles. The van der Waals surface area contributed by atoms with Gasteiger partial charge in [0.15, 0.2) is 0 Å². The SMILES string of the molecule is COC(=O)[C@H](CNC(=O)C1CC=CS1)NC(=O)c1c(C)nc(NCc2ccccc2-c2cccc(O)c2)nc1C. The Hall–Kier alpha value is -4.38. The van der Waals surface area contributed by atoms with E-state index in [4.69, 9.17) is 4.74 Å².